The summed E-state index contributed by atoms with van der Waals surface area (Å²) in [5, 5.41) is 4.25. The SMILES string of the molecule is CN(C)CCn1ncc(Br)c1C(=O)C1CCCO1. The maximum absolute atomic E-state index is 12.4. The Balaban J connectivity index is 2.14. The van der Waals surface area contributed by atoms with E-state index >= 15 is 0 Å². The Labute approximate surface area is 115 Å². The molecule has 0 bridgehead atoms. The molecule has 1 atom stereocenters. The largest absolute Gasteiger partial charge is 0.370 e. The third kappa shape index (κ3) is 2.99. The number of ketones is 1. The van der Waals surface area contributed by atoms with Crippen molar-refractivity contribution in [3.05, 3.63) is 16.4 Å². The Hall–Kier alpha value is -0.720. The minimum atomic E-state index is -0.295. The fourth-order valence-electron chi connectivity index (χ4n) is 2.01. The molecule has 1 aliphatic rings. The van der Waals surface area contributed by atoms with E-state index < -0.39 is 0 Å². The van der Waals surface area contributed by atoms with Gasteiger partial charge in [-0.3, -0.25) is 9.48 Å². The third-order valence-corrected chi connectivity index (χ3v) is 3.59. The molecule has 0 amide bonds. The number of carbonyl (C=O) groups excluding carboxylic acids is 1. The normalized spacial score (nSPS) is 19.7. The number of likely N-dealkylation sites (N-methyl/N-ethyl adjacent to an activating group) is 1. The molecule has 5 nitrogen and oxygen atoms in total. The predicted octanol–water partition coefficient (Wildman–Crippen LogP) is 1.57. The van der Waals surface area contributed by atoms with E-state index in [-0.39, 0.29) is 11.9 Å². The molecule has 1 fully saturated rings. The summed E-state index contributed by atoms with van der Waals surface area (Å²) in [6, 6.07) is 0. The Morgan fingerprint density at radius 3 is 3.06 bits per heavy atom. The van der Waals surface area contributed by atoms with Gasteiger partial charge in [0.2, 0.25) is 5.78 Å². The van der Waals surface area contributed by atoms with Crippen molar-refractivity contribution in [2.45, 2.75) is 25.5 Å². The molecule has 18 heavy (non-hydrogen) atoms. The average Bonchev–Trinajstić information content (AvgIpc) is 2.94. The average molecular weight is 316 g/mol. The van der Waals surface area contributed by atoms with Gasteiger partial charge in [-0.2, -0.15) is 5.10 Å². The van der Waals surface area contributed by atoms with Crippen molar-refractivity contribution in [2.75, 3.05) is 27.2 Å². The highest BCUT2D eigenvalue weighted by molar-refractivity contribution is 9.10. The molecule has 0 spiro atoms. The molecule has 1 unspecified atom stereocenters. The fraction of sp³-hybridized carbons (Fsp3) is 0.667. The summed E-state index contributed by atoms with van der Waals surface area (Å²) in [5.74, 6) is 0.0376. The van der Waals surface area contributed by atoms with Crippen molar-refractivity contribution in [2.24, 2.45) is 0 Å². The highest BCUT2D eigenvalue weighted by Gasteiger charge is 2.29. The third-order valence-electron chi connectivity index (χ3n) is 3.01. The van der Waals surface area contributed by atoms with Crippen molar-refractivity contribution in [1.29, 1.82) is 0 Å². The molecule has 0 saturated carbocycles. The van der Waals surface area contributed by atoms with Crippen LogP contribution in [0.25, 0.3) is 0 Å². The van der Waals surface area contributed by atoms with Crippen molar-refractivity contribution in [1.82, 2.24) is 14.7 Å². The topological polar surface area (TPSA) is 47.4 Å². The van der Waals surface area contributed by atoms with Crippen molar-refractivity contribution < 1.29 is 9.53 Å². The van der Waals surface area contributed by atoms with E-state index in [1.54, 1.807) is 10.9 Å². The zero-order valence-electron chi connectivity index (χ0n) is 10.7. The molecule has 1 aromatic heterocycles. The number of carbonyl (C=O) groups is 1. The molecule has 0 N–H and O–H groups in total. The molecule has 6 heteroatoms. The first kappa shape index (κ1) is 13.7. The maximum atomic E-state index is 12.4. The summed E-state index contributed by atoms with van der Waals surface area (Å²) in [5.41, 5.74) is 0.628. The van der Waals surface area contributed by atoms with Crippen LogP contribution < -0.4 is 0 Å². The molecule has 0 radical (unpaired) electrons. The van der Waals surface area contributed by atoms with E-state index in [0.717, 1.165) is 23.9 Å². The number of Topliss-reactive ketones (excluding diaryl/α,β-unsaturated/α-hetero) is 1. The Morgan fingerprint density at radius 1 is 1.67 bits per heavy atom. The van der Waals surface area contributed by atoms with E-state index in [4.69, 9.17) is 4.74 Å². The second-order valence-electron chi connectivity index (χ2n) is 4.73. The van der Waals surface area contributed by atoms with Crippen LogP contribution in [0.5, 0.6) is 0 Å². The summed E-state index contributed by atoms with van der Waals surface area (Å²) < 4.78 is 7.96. The van der Waals surface area contributed by atoms with E-state index in [2.05, 4.69) is 25.9 Å². The lowest BCUT2D eigenvalue weighted by Crippen LogP contribution is -2.26. The van der Waals surface area contributed by atoms with Gasteiger partial charge in [0, 0.05) is 13.2 Å². The number of hydrogen-bond donors (Lipinski definition) is 0. The second kappa shape index (κ2) is 5.95. The van der Waals surface area contributed by atoms with Crippen LogP contribution in [0.3, 0.4) is 0 Å². The lowest BCUT2D eigenvalue weighted by molar-refractivity contribution is 0.0630. The highest BCUT2D eigenvalue weighted by atomic mass is 79.9. The summed E-state index contributed by atoms with van der Waals surface area (Å²) in [6.07, 6.45) is 3.15. The van der Waals surface area contributed by atoms with Gasteiger partial charge in [0.05, 0.1) is 17.2 Å². The summed E-state index contributed by atoms with van der Waals surface area (Å²) in [6.45, 7) is 2.23. The molecule has 0 aromatic carbocycles. The molecular formula is C12H18BrN3O2. The second-order valence-corrected chi connectivity index (χ2v) is 5.59. The van der Waals surface area contributed by atoms with Gasteiger partial charge in [-0.15, -0.1) is 0 Å². The Bertz CT molecular complexity index is 425. The monoisotopic (exact) mass is 315 g/mol. The number of hydrogen-bond acceptors (Lipinski definition) is 4. The summed E-state index contributed by atoms with van der Waals surface area (Å²) in [7, 11) is 4.00. The van der Waals surface area contributed by atoms with E-state index in [0.29, 0.717) is 18.8 Å². The molecular weight excluding hydrogens is 298 g/mol. The van der Waals surface area contributed by atoms with Gasteiger partial charge >= 0.3 is 0 Å². The highest BCUT2D eigenvalue weighted by Crippen LogP contribution is 2.23. The van der Waals surface area contributed by atoms with Crippen LogP contribution >= 0.6 is 15.9 Å². The van der Waals surface area contributed by atoms with Gasteiger partial charge in [-0.05, 0) is 42.9 Å². The first-order valence-electron chi connectivity index (χ1n) is 6.11. The standard InChI is InChI=1S/C12H18BrN3O2/c1-15(2)5-6-16-11(9(13)8-14-16)12(17)10-4-3-7-18-10/h8,10H,3-7H2,1-2H3. The fourth-order valence-corrected chi connectivity index (χ4v) is 2.50. The van der Waals surface area contributed by atoms with Crippen molar-refractivity contribution in [3.8, 4) is 0 Å². The number of ether oxygens (including phenoxy) is 1. The molecule has 1 saturated heterocycles. The van der Waals surface area contributed by atoms with E-state index in [9.17, 15) is 4.79 Å². The predicted molar refractivity (Wildman–Crippen MR) is 71.8 cm³/mol. The zero-order chi connectivity index (χ0) is 13.1. The first-order chi connectivity index (χ1) is 8.59. The molecule has 100 valence electrons. The maximum Gasteiger partial charge on any atom is 0.210 e. The Kier molecular flexibility index (Phi) is 4.53. The number of aromatic nitrogens is 2. The lowest BCUT2D eigenvalue weighted by Gasteiger charge is -2.13. The molecule has 1 aromatic rings. The molecule has 1 aliphatic heterocycles. The van der Waals surface area contributed by atoms with Crippen LogP contribution in [0.15, 0.2) is 10.7 Å². The zero-order valence-corrected chi connectivity index (χ0v) is 12.3. The molecule has 0 aliphatic carbocycles. The Morgan fingerprint density at radius 2 is 2.44 bits per heavy atom. The van der Waals surface area contributed by atoms with Crippen LogP contribution in [0.4, 0.5) is 0 Å². The molecule has 2 heterocycles. The van der Waals surface area contributed by atoms with E-state index in [1.165, 1.54) is 0 Å². The smallest absolute Gasteiger partial charge is 0.210 e. The number of rotatable bonds is 5. The van der Waals surface area contributed by atoms with Gasteiger partial charge in [-0.1, -0.05) is 0 Å². The van der Waals surface area contributed by atoms with E-state index in [1.807, 2.05) is 14.1 Å². The van der Waals surface area contributed by atoms with Crippen LogP contribution in [0.2, 0.25) is 0 Å². The van der Waals surface area contributed by atoms with Crippen molar-refractivity contribution in [3.63, 3.8) is 0 Å². The minimum absolute atomic E-state index is 0.0376. The van der Waals surface area contributed by atoms with Crippen molar-refractivity contribution >= 4 is 21.7 Å². The van der Waals surface area contributed by atoms with Gasteiger partial charge in [0.25, 0.3) is 0 Å². The van der Waals surface area contributed by atoms with Crippen LogP contribution in [0.1, 0.15) is 23.3 Å². The summed E-state index contributed by atoms with van der Waals surface area (Å²) in [4.78, 5) is 14.4. The van der Waals surface area contributed by atoms with Gasteiger partial charge in [0.15, 0.2) is 0 Å². The first-order valence-corrected chi connectivity index (χ1v) is 6.90. The minimum Gasteiger partial charge on any atom is -0.370 e. The molecule has 2 rings (SSSR count). The van der Waals surface area contributed by atoms with Crippen LogP contribution in [0, 0.1) is 0 Å². The summed E-state index contributed by atoms with van der Waals surface area (Å²) >= 11 is 3.40. The lowest BCUT2D eigenvalue weighted by atomic mass is 10.1. The van der Waals surface area contributed by atoms with Crippen LogP contribution in [-0.4, -0.2) is 53.8 Å². The van der Waals surface area contributed by atoms with Gasteiger partial charge in [0.1, 0.15) is 11.8 Å². The van der Waals surface area contributed by atoms with Gasteiger partial charge < -0.3 is 9.64 Å². The number of nitrogens with zero attached hydrogens (tertiary/aromatic N) is 3. The number of halogens is 1. The van der Waals surface area contributed by atoms with Crippen LogP contribution in [-0.2, 0) is 11.3 Å². The quantitative estimate of drug-likeness (QED) is 0.774. The van der Waals surface area contributed by atoms with Gasteiger partial charge in [-0.25, -0.2) is 0 Å².